The Kier molecular flexibility index (Phi) is 10.7. The molecule has 2 aromatic rings. The largest absolute Gasteiger partial charge is 0.463 e. The van der Waals surface area contributed by atoms with Crippen molar-refractivity contribution in [3.63, 3.8) is 0 Å². The fourth-order valence-electron chi connectivity index (χ4n) is 6.25. The van der Waals surface area contributed by atoms with Gasteiger partial charge in [0.15, 0.2) is 0 Å². The van der Waals surface area contributed by atoms with Crippen molar-refractivity contribution in [2.45, 2.75) is 157 Å². The molecule has 1 aliphatic heterocycles. The summed E-state index contributed by atoms with van der Waals surface area (Å²) in [4.78, 5) is 0. The summed E-state index contributed by atoms with van der Waals surface area (Å²) in [7, 11) is -1.63. The van der Waals surface area contributed by atoms with Crippen LogP contribution in [0.1, 0.15) is 162 Å². The van der Waals surface area contributed by atoms with Gasteiger partial charge in [-0.2, -0.15) is 0 Å². The van der Waals surface area contributed by atoms with Gasteiger partial charge in [-0.15, -0.1) is 0 Å². The van der Waals surface area contributed by atoms with Gasteiger partial charge in [-0.05, 0) is 68.9 Å². The van der Waals surface area contributed by atoms with Crippen LogP contribution in [0, 0.1) is 0 Å². The molecule has 41 heavy (non-hydrogen) atoms. The quantitative estimate of drug-likeness (QED) is 0.229. The zero-order valence-electron chi connectivity index (χ0n) is 28.6. The summed E-state index contributed by atoms with van der Waals surface area (Å²) in [5.74, 6) is 1.80. The smallest absolute Gasteiger partial charge is 0.417 e. The van der Waals surface area contributed by atoms with Crippen molar-refractivity contribution >= 4 is 8.60 Å². The summed E-state index contributed by atoms with van der Waals surface area (Å²) in [6, 6.07) is 8.92. The monoisotopic (exact) mass is 582 g/mol. The molecule has 0 radical (unpaired) electrons. The van der Waals surface area contributed by atoms with Gasteiger partial charge in [-0.3, -0.25) is 4.52 Å². The zero-order valence-corrected chi connectivity index (χ0v) is 29.5. The van der Waals surface area contributed by atoms with Crippen molar-refractivity contribution in [1.29, 1.82) is 0 Å². The molecular formula is C37H59O3P. The first-order valence-corrected chi connectivity index (χ1v) is 17.1. The molecule has 4 heteroatoms. The third kappa shape index (κ3) is 8.51. The summed E-state index contributed by atoms with van der Waals surface area (Å²) in [5.41, 5.74) is 7.86. The number of unbranched alkanes of at least 4 members (excludes halogenated alkanes) is 5. The van der Waals surface area contributed by atoms with Crippen LogP contribution in [0.3, 0.4) is 0 Å². The second-order valence-corrected chi connectivity index (χ2v) is 17.2. The average molecular weight is 583 g/mol. The molecule has 0 aromatic heterocycles. The van der Waals surface area contributed by atoms with Crippen molar-refractivity contribution in [2.24, 2.45) is 0 Å². The van der Waals surface area contributed by atoms with E-state index in [1.54, 1.807) is 0 Å². The van der Waals surface area contributed by atoms with Gasteiger partial charge in [0.2, 0.25) is 0 Å². The highest BCUT2D eigenvalue weighted by Gasteiger charge is 2.36. The number of hydrogen-bond donors (Lipinski definition) is 0. The molecule has 0 fully saturated rings. The van der Waals surface area contributed by atoms with E-state index in [1.165, 1.54) is 65.5 Å². The molecule has 0 amide bonds. The summed E-state index contributed by atoms with van der Waals surface area (Å²) >= 11 is 0. The molecule has 0 saturated carbocycles. The molecule has 3 rings (SSSR count). The Morgan fingerprint density at radius 3 is 1.39 bits per heavy atom. The van der Waals surface area contributed by atoms with Crippen LogP contribution in [0.4, 0.5) is 0 Å². The highest BCUT2D eigenvalue weighted by molar-refractivity contribution is 7.42. The van der Waals surface area contributed by atoms with E-state index < -0.39 is 8.60 Å². The van der Waals surface area contributed by atoms with Crippen LogP contribution < -0.4 is 9.05 Å². The highest BCUT2D eigenvalue weighted by atomic mass is 31.2. The van der Waals surface area contributed by atoms with E-state index in [9.17, 15) is 0 Å². The van der Waals surface area contributed by atoms with Crippen molar-refractivity contribution in [3.05, 3.63) is 57.6 Å². The van der Waals surface area contributed by atoms with Crippen molar-refractivity contribution in [2.75, 3.05) is 6.61 Å². The van der Waals surface area contributed by atoms with Crippen molar-refractivity contribution in [3.8, 4) is 11.5 Å². The van der Waals surface area contributed by atoms with Crippen LogP contribution in [-0.4, -0.2) is 6.61 Å². The molecule has 230 valence electrons. The number of rotatable bonds is 8. The fourth-order valence-corrected chi connectivity index (χ4v) is 7.30. The normalized spacial score (nSPS) is 15.0. The molecule has 1 heterocycles. The predicted octanol–water partition coefficient (Wildman–Crippen LogP) is 11.8. The zero-order chi connectivity index (χ0) is 30.8. The van der Waals surface area contributed by atoms with Crippen LogP contribution in [0.25, 0.3) is 0 Å². The second kappa shape index (κ2) is 13.0. The standard InChI is InChI=1S/C37H59O3P/c1-14-15-16-17-18-19-24-38-41-39-30-22-20-28(34(2,3)4)26(32(30)36(8,9)10)25-27-29(35(5,6)7)21-23-31(40-41)33(27)37(11,12)13/h20-23H,14-19,24-25H2,1-13H3. The summed E-state index contributed by atoms with van der Waals surface area (Å²) < 4.78 is 20.0. The molecule has 0 spiro atoms. The lowest BCUT2D eigenvalue weighted by molar-refractivity contribution is 0.255. The molecular weight excluding hydrogens is 523 g/mol. The summed E-state index contributed by atoms with van der Waals surface area (Å²) in [5, 5.41) is 0. The molecule has 1 aliphatic rings. The van der Waals surface area contributed by atoms with Gasteiger partial charge in [0, 0.05) is 11.1 Å². The molecule has 2 aromatic carbocycles. The van der Waals surface area contributed by atoms with Crippen LogP contribution in [0.2, 0.25) is 0 Å². The van der Waals surface area contributed by atoms with E-state index in [2.05, 4.69) is 114 Å². The minimum Gasteiger partial charge on any atom is -0.417 e. The first-order valence-electron chi connectivity index (χ1n) is 16.0. The highest BCUT2D eigenvalue weighted by Crippen LogP contribution is 2.52. The van der Waals surface area contributed by atoms with Gasteiger partial charge in [-0.25, -0.2) is 0 Å². The van der Waals surface area contributed by atoms with E-state index in [-0.39, 0.29) is 21.7 Å². The molecule has 4 bridgehead atoms. The maximum absolute atomic E-state index is 6.78. The third-order valence-electron chi connectivity index (χ3n) is 8.06. The Morgan fingerprint density at radius 2 is 1.00 bits per heavy atom. The van der Waals surface area contributed by atoms with Gasteiger partial charge < -0.3 is 9.05 Å². The van der Waals surface area contributed by atoms with Crippen LogP contribution in [0.15, 0.2) is 24.3 Å². The van der Waals surface area contributed by atoms with Crippen molar-refractivity contribution < 1.29 is 13.6 Å². The lowest BCUT2D eigenvalue weighted by Crippen LogP contribution is -2.26. The molecule has 0 N–H and O–H groups in total. The van der Waals surface area contributed by atoms with Crippen LogP contribution in [0.5, 0.6) is 11.5 Å². The van der Waals surface area contributed by atoms with Gasteiger partial charge >= 0.3 is 8.60 Å². The Hall–Kier alpha value is -1.57. The van der Waals surface area contributed by atoms with E-state index in [0.717, 1.165) is 24.3 Å². The van der Waals surface area contributed by atoms with Crippen LogP contribution in [-0.2, 0) is 32.6 Å². The summed E-state index contributed by atoms with van der Waals surface area (Å²) in [6.07, 6.45) is 8.19. The van der Waals surface area contributed by atoms with Gasteiger partial charge in [0.1, 0.15) is 11.5 Å². The lowest BCUT2D eigenvalue weighted by Gasteiger charge is -2.37. The molecule has 0 unspecified atom stereocenters. The maximum atomic E-state index is 6.78. The molecule has 3 nitrogen and oxygen atoms in total. The molecule has 0 atom stereocenters. The Balaban J connectivity index is 2.25. The SMILES string of the molecule is CCCCCCCCOP1Oc2ccc(C(C)(C)C)c(c2C(C)(C)C)Cc2c(C(C)(C)C)ccc(c2C(C)(C)C)O1. The first-order chi connectivity index (χ1) is 18.9. The Morgan fingerprint density at radius 1 is 0.585 bits per heavy atom. The van der Waals surface area contributed by atoms with Crippen LogP contribution >= 0.6 is 8.60 Å². The average Bonchev–Trinajstić information content (AvgIpc) is 2.80. The summed E-state index contributed by atoms with van der Waals surface area (Å²) in [6.45, 7) is 30.7. The Bertz CT molecular complexity index is 1090. The van der Waals surface area contributed by atoms with Crippen molar-refractivity contribution in [1.82, 2.24) is 0 Å². The van der Waals surface area contributed by atoms with Gasteiger partial charge in [0.25, 0.3) is 0 Å². The minimum absolute atomic E-state index is 0.00507. The van der Waals surface area contributed by atoms with E-state index >= 15 is 0 Å². The van der Waals surface area contributed by atoms with Gasteiger partial charge in [0.05, 0.1) is 6.61 Å². The number of hydrogen-bond acceptors (Lipinski definition) is 3. The van der Waals surface area contributed by atoms with Gasteiger partial charge in [-0.1, -0.05) is 134 Å². The predicted molar refractivity (Wildman–Crippen MR) is 178 cm³/mol. The van der Waals surface area contributed by atoms with E-state index in [1.807, 2.05) is 0 Å². The fraction of sp³-hybridized carbons (Fsp3) is 0.676. The third-order valence-corrected chi connectivity index (χ3v) is 9.14. The minimum atomic E-state index is -1.63. The maximum Gasteiger partial charge on any atom is 0.463 e. The van der Waals surface area contributed by atoms with E-state index in [4.69, 9.17) is 13.6 Å². The Labute approximate surface area is 254 Å². The number of fused-ring (bicyclic) bond motifs is 4. The first kappa shape index (κ1) is 33.9. The topological polar surface area (TPSA) is 27.7 Å². The number of benzene rings is 2. The lowest BCUT2D eigenvalue weighted by atomic mass is 9.70. The second-order valence-electron chi connectivity index (χ2n) is 16.1. The molecule has 0 saturated heterocycles. The molecule has 0 aliphatic carbocycles. The van der Waals surface area contributed by atoms with E-state index in [0.29, 0.717) is 6.61 Å².